The quantitative estimate of drug-likeness (QED) is 0.507. The molecule has 0 spiro atoms. The lowest BCUT2D eigenvalue weighted by Crippen LogP contribution is -2.37. The van der Waals surface area contributed by atoms with Crippen LogP contribution in [0.1, 0.15) is 25.1 Å². The number of hydrogen-bond donors (Lipinski definition) is 1. The second-order valence-corrected chi connectivity index (χ2v) is 9.61. The summed E-state index contributed by atoms with van der Waals surface area (Å²) in [6.07, 6.45) is 7.91. The Bertz CT molecular complexity index is 1150. The SMILES string of the molecule is Nc1ncc(-c2nc(N3CCOCC3)c3nc(CCCN4CCOCC4)n(CC4CC4)c3n2)cn1. The first-order chi connectivity index (χ1) is 17.2. The fraction of sp³-hybridized carbons (Fsp3) is 0.625. The zero-order chi connectivity index (χ0) is 23.6. The van der Waals surface area contributed by atoms with E-state index >= 15 is 0 Å². The van der Waals surface area contributed by atoms with Crippen molar-refractivity contribution in [3.8, 4) is 11.4 Å². The van der Waals surface area contributed by atoms with Crippen LogP contribution >= 0.6 is 0 Å². The summed E-state index contributed by atoms with van der Waals surface area (Å²) in [5.74, 6) is 3.53. The Labute approximate surface area is 204 Å². The molecule has 0 unspecified atom stereocenters. The third-order valence-electron chi connectivity index (χ3n) is 7.01. The summed E-state index contributed by atoms with van der Waals surface area (Å²) >= 11 is 0. The molecule has 3 fully saturated rings. The second kappa shape index (κ2) is 10.00. The molecule has 6 rings (SSSR count). The number of morpholine rings is 2. The first-order valence-electron chi connectivity index (χ1n) is 12.7. The molecule has 0 amide bonds. The van der Waals surface area contributed by atoms with Crippen LogP contribution in [0.3, 0.4) is 0 Å². The summed E-state index contributed by atoms with van der Waals surface area (Å²) in [7, 11) is 0. The molecule has 3 aromatic heterocycles. The first kappa shape index (κ1) is 22.6. The smallest absolute Gasteiger partial charge is 0.219 e. The van der Waals surface area contributed by atoms with Gasteiger partial charge in [-0.25, -0.2) is 24.9 Å². The molecule has 1 aliphatic carbocycles. The molecule has 0 atom stereocenters. The first-order valence-corrected chi connectivity index (χ1v) is 12.7. The van der Waals surface area contributed by atoms with Gasteiger partial charge in [-0.3, -0.25) is 4.90 Å². The third-order valence-corrected chi connectivity index (χ3v) is 7.01. The molecular formula is C24H33N9O2. The monoisotopic (exact) mass is 479 g/mol. The summed E-state index contributed by atoms with van der Waals surface area (Å²) in [4.78, 5) is 28.2. The number of anilines is 2. The highest BCUT2D eigenvalue weighted by Crippen LogP contribution is 2.34. The maximum absolute atomic E-state index is 5.72. The second-order valence-electron chi connectivity index (χ2n) is 9.61. The number of rotatable bonds is 8. The van der Waals surface area contributed by atoms with Gasteiger partial charge in [0.15, 0.2) is 22.8 Å². The highest BCUT2D eigenvalue weighted by Gasteiger charge is 2.28. The lowest BCUT2D eigenvalue weighted by atomic mass is 10.2. The van der Waals surface area contributed by atoms with E-state index in [9.17, 15) is 0 Å². The number of imidazole rings is 1. The van der Waals surface area contributed by atoms with Crippen LogP contribution in [0.4, 0.5) is 11.8 Å². The van der Waals surface area contributed by atoms with Crippen molar-refractivity contribution >= 4 is 22.9 Å². The van der Waals surface area contributed by atoms with Crippen LogP contribution in [0.2, 0.25) is 0 Å². The Morgan fingerprint density at radius 3 is 2.34 bits per heavy atom. The van der Waals surface area contributed by atoms with E-state index in [1.807, 2.05) is 0 Å². The lowest BCUT2D eigenvalue weighted by Gasteiger charge is -2.28. The van der Waals surface area contributed by atoms with E-state index in [2.05, 4.69) is 24.3 Å². The topological polar surface area (TPSA) is 120 Å². The molecule has 3 aliphatic rings. The van der Waals surface area contributed by atoms with Crippen molar-refractivity contribution in [3.63, 3.8) is 0 Å². The number of ether oxygens (including phenoxy) is 2. The minimum atomic E-state index is 0.240. The molecular weight excluding hydrogens is 446 g/mol. The van der Waals surface area contributed by atoms with Crippen molar-refractivity contribution in [1.29, 1.82) is 0 Å². The molecule has 2 saturated heterocycles. The average molecular weight is 480 g/mol. The van der Waals surface area contributed by atoms with Gasteiger partial charge in [-0.2, -0.15) is 0 Å². The predicted octanol–water partition coefficient (Wildman–Crippen LogP) is 1.38. The fourth-order valence-corrected chi connectivity index (χ4v) is 4.84. The number of nitrogens with two attached hydrogens (primary N) is 1. The van der Waals surface area contributed by atoms with E-state index in [-0.39, 0.29) is 5.95 Å². The summed E-state index contributed by atoms with van der Waals surface area (Å²) in [5.41, 5.74) is 8.26. The van der Waals surface area contributed by atoms with Crippen molar-refractivity contribution < 1.29 is 9.47 Å². The number of aryl methyl sites for hydroxylation is 1. The summed E-state index contributed by atoms with van der Waals surface area (Å²) < 4.78 is 13.4. The number of fused-ring (bicyclic) bond motifs is 1. The number of aromatic nitrogens is 6. The van der Waals surface area contributed by atoms with Crippen molar-refractivity contribution in [2.24, 2.45) is 5.92 Å². The molecule has 0 radical (unpaired) electrons. The van der Waals surface area contributed by atoms with E-state index < -0.39 is 0 Å². The van der Waals surface area contributed by atoms with E-state index in [0.29, 0.717) is 25.0 Å². The third kappa shape index (κ3) is 5.07. The number of nitrogen functional groups attached to an aromatic ring is 1. The van der Waals surface area contributed by atoms with Crippen LogP contribution in [-0.2, 0) is 22.4 Å². The highest BCUT2D eigenvalue weighted by atomic mass is 16.5. The van der Waals surface area contributed by atoms with Crippen LogP contribution < -0.4 is 10.6 Å². The van der Waals surface area contributed by atoms with Crippen molar-refractivity contribution in [3.05, 3.63) is 18.2 Å². The molecule has 3 aromatic rings. The van der Waals surface area contributed by atoms with Gasteiger partial charge in [0.05, 0.1) is 32.0 Å². The van der Waals surface area contributed by atoms with Gasteiger partial charge in [-0.1, -0.05) is 0 Å². The van der Waals surface area contributed by atoms with Gasteiger partial charge < -0.3 is 24.7 Å². The number of nitrogens with zero attached hydrogens (tertiary/aromatic N) is 8. The fourth-order valence-electron chi connectivity index (χ4n) is 4.84. The maximum atomic E-state index is 5.72. The molecule has 0 bridgehead atoms. The molecule has 2 N–H and O–H groups in total. The highest BCUT2D eigenvalue weighted by molar-refractivity contribution is 5.86. The molecule has 2 aliphatic heterocycles. The summed E-state index contributed by atoms with van der Waals surface area (Å²) in [6, 6.07) is 0. The lowest BCUT2D eigenvalue weighted by molar-refractivity contribution is 0.0374. The summed E-state index contributed by atoms with van der Waals surface area (Å²) in [6.45, 7) is 8.63. The maximum Gasteiger partial charge on any atom is 0.219 e. The Balaban J connectivity index is 1.38. The van der Waals surface area contributed by atoms with E-state index in [1.54, 1.807) is 12.4 Å². The average Bonchev–Trinajstić information content (AvgIpc) is 3.66. The van der Waals surface area contributed by atoms with Crippen molar-refractivity contribution in [2.75, 3.05) is 69.8 Å². The minimum absolute atomic E-state index is 0.240. The zero-order valence-electron chi connectivity index (χ0n) is 20.1. The standard InChI is InChI=1S/C24H33N9O2/c25-24-26-14-18(15-27-24)21-29-22(32-8-12-35-13-9-32)20-23(30-21)33(16-17-3-4-17)19(28-20)2-1-5-31-6-10-34-11-7-31/h14-15,17H,1-13,16H2,(H2,25,26,27). The Hall–Kier alpha value is -2.89. The Morgan fingerprint density at radius 2 is 1.63 bits per heavy atom. The largest absolute Gasteiger partial charge is 0.379 e. The number of hydrogen-bond acceptors (Lipinski definition) is 10. The Morgan fingerprint density at radius 1 is 0.914 bits per heavy atom. The van der Waals surface area contributed by atoms with E-state index in [4.69, 9.17) is 30.2 Å². The molecule has 35 heavy (non-hydrogen) atoms. The zero-order valence-corrected chi connectivity index (χ0v) is 20.1. The molecule has 5 heterocycles. The van der Waals surface area contributed by atoms with Gasteiger partial charge in [-0.15, -0.1) is 0 Å². The van der Waals surface area contributed by atoms with Crippen LogP contribution in [-0.4, -0.2) is 93.5 Å². The molecule has 11 heteroatoms. The Kier molecular flexibility index (Phi) is 6.45. The molecule has 0 aromatic carbocycles. The van der Waals surface area contributed by atoms with E-state index in [0.717, 1.165) is 93.7 Å². The van der Waals surface area contributed by atoms with Gasteiger partial charge in [0.1, 0.15) is 5.82 Å². The minimum Gasteiger partial charge on any atom is -0.379 e. The van der Waals surface area contributed by atoms with Crippen LogP contribution in [0, 0.1) is 5.92 Å². The van der Waals surface area contributed by atoms with Gasteiger partial charge in [0.2, 0.25) is 5.95 Å². The van der Waals surface area contributed by atoms with E-state index in [1.165, 1.54) is 12.8 Å². The molecule has 186 valence electrons. The van der Waals surface area contributed by atoms with Crippen LogP contribution in [0.5, 0.6) is 0 Å². The van der Waals surface area contributed by atoms with Crippen LogP contribution in [0.15, 0.2) is 12.4 Å². The van der Waals surface area contributed by atoms with Crippen LogP contribution in [0.25, 0.3) is 22.6 Å². The van der Waals surface area contributed by atoms with Gasteiger partial charge in [-0.05, 0) is 31.7 Å². The van der Waals surface area contributed by atoms with Gasteiger partial charge in [0, 0.05) is 51.5 Å². The summed E-state index contributed by atoms with van der Waals surface area (Å²) in [5, 5.41) is 0. The normalized spacial score (nSPS) is 19.5. The molecule has 1 saturated carbocycles. The predicted molar refractivity (Wildman–Crippen MR) is 132 cm³/mol. The molecule has 11 nitrogen and oxygen atoms in total. The van der Waals surface area contributed by atoms with Crippen molar-refractivity contribution in [2.45, 2.75) is 32.2 Å². The van der Waals surface area contributed by atoms with Gasteiger partial charge in [0.25, 0.3) is 0 Å². The van der Waals surface area contributed by atoms with Crippen molar-refractivity contribution in [1.82, 2.24) is 34.4 Å². The van der Waals surface area contributed by atoms with Gasteiger partial charge >= 0.3 is 0 Å².